The Kier molecular flexibility index (Phi) is 3.62. The fourth-order valence-electron chi connectivity index (χ4n) is 3.40. The second kappa shape index (κ2) is 5.41. The van der Waals surface area contributed by atoms with Gasteiger partial charge in [0.25, 0.3) is 0 Å². The van der Waals surface area contributed by atoms with E-state index in [0.29, 0.717) is 11.8 Å². The number of hydrogen-bond acceptors (Lipinski definition) is 1. The van der Waals surface area contributed by atoms with Crippen LogP contribution >= 0.6 is 0 Å². The molecule has 1 heterocycles. The largest absolute Gasteiger partial charge is 0.301 e. The van der Waals surface area contributed by atoms with Crippen molar-refractivity contribution in [2.75, 3.05) is 13.6 Å². The van der Waals surface area contributed by atoms with Gasteiger partial charge in [0.05, 0.1) is 0 Å². The molecule has 2 aromatic rings. The lowest BCUT2D eigenvalue weighted by atomic mass is 9.81. The third-order valence-corrected chi connectivity index (χ3v) is 4.36. The number of benzene rings is 2. The number of nitrogens with zero attached hydrogens (tertiary/aromatic N) is 1. The third kappa shape index (κ3) is 2.38. The van der Waals surface area contributed by atoms with Crippen molar-refractivity contribution in [2.45, 2.75) is 32.2 Å². The smallest absolute Gasteiger partial charge is 0.0234 e. The fourth-order valence-corrected chi connectivity index (χ4v) is 3.40. The topological polar surface area (TPSA) is 3.24 Å². The minimum absolute atomic E-state index is 0.503. The van der Waals surface area contributed by atoms with Gasteiger partial charge in [0.15, 0.2) is 0 Å². The van der Waals surface area contributed by atoms with E-state index < -0.39 is 0 Å². The molecule has 3 rings (SSSR count). The first kappa shape index (κ1) is 13.4. The molecule has 0 N–H and O–H groups in total. The van der Waals surface area contributed by atoms with Crippen molar-refractivity contribution in [2.24, 2.45) is 0 Å². The standard InChI is InChI=1S/C19H23N/c1-14(2)16-9-6-7-11-18(16)19-13-20(3)12-15-8-4-5-10-17(15)19/h4-11,14,19H,12-13H2,1-3H3. The zero-order valence-electron chi connectivity index (χ0n) is 12.6. The number of hydrogen-bond donors (Lipinski definition) is 0. The maximum absolute atomic E-state index is 2.43. The van der Waals surface area contributed by atoms with Crippen molar-refractivity contribution < 1.29 is 0 Å². The molecule has 0 saturated heterocycles. The van der Waals surface area contributed by atoms with E-state index in [-0.39, 0.29) is 0 Å². The van der Waals surface area contributed by atoms with Crippen molar-refractivity contribution in [3.8, 4) is 0 Å². The highest BCUT2D eigenvalue weighted by molar-refractivity contribution is 5.44. The minimum Gasteiger partial charge on any atom is -0.301 e. The van der Waals surface area contributed by atoms with Crippen LogP contribution in [0.25, 0.3) is 0 Å². The van der Waals surface area contributed by atoms with Crippen LogP contribution in [0.3, 0.4) is 0 Å². The molecule has 0 aromatic heterocycles. The lowest BCUT2D eigenvalue weighted by Gasteiger charge is -2.34. The van der Waals surface area contributed by atoms with Crippen LogP contribution in [-0.2, 0) is 6.54 Å². The SMILES string of the molecule is CC(C)c1ccccc1C1CN(C)Cc2ccccc21. The maximum Gasteiger partial charge on any atom is 0.0234 e. The Hall–Kier alpha value is -1.60. The first-order chi connectivity index (χ1) is 9.66. The molecule has 0 spiro atoms. The highest BCUT2D eigenvalue weighted by Gasteiger charge is 2.26. The highest BCUT2D eigenvalue weighted by Crippen LogP contribution is 2.36. The van der Waals surface area contributed by atoms with Crippen LogP contribution in [0.15, 0.2) is 48.5 Å². The Morgan fingerprint density at radius 2 is 1.60 bits per heavy atom. The zero-order chi connectivity index (χ0) is 14.1. The fraction of sp³-hybridized carbons (Fsp3) is 0.368. The molecular weight excluding hydrogens is 242 g/mol. The Morgan fingerprint density at radius 1 is 0.950 bits per heavy atom. The molecule has 1 aliphatic rings. The van der Waals surface area contributed by atoms with Gasteiger partial charge >= 0.3 is 0 Å². The summed E-state index contributed by atoms with van der Waals surface area (Å²) in [6.45, 7) is 6.76. The molecule has 1 aliphatic heterocycles. The summed E-state index contributed by atoms with van der Waals surface area (Å²) in [4.78, 5) is 2.43. The van der Waals surface area contributed by atoms with Gasteiger partial charge in [-0.15, -0.1) is 0 Å². The van der Waals surface area contributed by atoms with Crippen molar-refractivity contribution >= 4 is 0 Å². The van der Waals surface area contributed by atoms with E-state index in [1.807, 2.05) is 0 Å². The van der Waals surface area contributed by atoms with Crippen LogP contribution < -0.4 is 0 Å². The molecule has 1 nitrogen and oxygen atoms in total. The number of rotatable bonds is 2. The van der Waals surface area contributed by atoms with Gasteiger partial charge in [-0.2, -0.15) is 0 Å². The van der Waals surface area contributed by atoms with Crippen LogP contribution in [-0.4, -0.2) is 18.5 Å². The molecule has 0 radical (unpaired) electrons. The minimum atomic E-state index is 0.503. The van der Waals surface area contributed by atoms with Gasteiger partial charge in [-0.3, -0.25) is 0 Å². The second-order valence-electron chi connectivity index (χ2n) is 6.23. The van der Waals surface area contributed by atoms with E-state index in [4.69, 9.17) is 0 Å². The molecule has 104 valence electrons. The highest BCUT2D eigenvalue weighted by atomic mass is 15.1. The zero-order valence-corrected chi connectivity index (χ0v) is 12.6. The van der Waals surface area contributed by atoms with Crippen molar-refractivity contribution in [3.05, 3.63) is 70.8 Å². The summed E-state index contributed by atoms with van der Waals surface area (Å²) in [5, 5.41) is 0. The number of likely N-dealkylation sites (N-methyl/N-ethyl adjacent to an activating group) is 1. The quantitative estimate of drug-likeness (QED) is 0.778. The molecule has 0 saturated carbocycles. The predicted molar refractivity (Wildman–Crippen MR) is 85.2 cm³/mol. The monoisotopic (exact) mass is 265 g/mol. The molecule has 0 bridgehead atoms. The summed E-state index contributed by atoms with van der Waals surface area (Å²) in [7, 11) is 2.22. The van der Waals surface area contributed by atoms with E-state index >= 15 is 0 Å². The van der Waals surface area contributed by atoms with E-state index in [1.165, 1.54) is 22.3 Å². The van der Waals surface area contributed by atoms with Crippen molar-refractivity contribution in [3.63, 3.8) is 0 Å². The molecule has 0 amide bonds. The van der Waals surface area contributed by atoms with Gasteiger partial charge < -0.3 is 4.90 Å². The van der Waals surface area contributed by atoms with Gasteiger partial charge in [0.2, 0.25) is 0 Å². The summed E-state index contributed by atoms with van der Waals surface area (Å²) < 4.78 is 0. The van der Waals surface area contributed by atoms with Crippen LogP contribution in [0.4, 0.5) is 0 Å². The van der Waals surface area contributed by atoms with Gasteiger partial charge in [-0.05, 0) is 35.2 Å². The van der Waals surface area contributed by atoms with Crippen LogP contribution in [0.5, 0.6) is 0 Å². The predicted octanol–water partition coefficient (Wildman–Crippen LogP) is 4.39. The lowest BCUT2D eigenvalue weighted by Crippen LogP contribution is -2.31. The van der Waals surface area contributed by atoms with E-state index in [2.05, 4.69) is 74.3 Å². The van der Waals surface area contributed by atoms with Gasteiger partial charge in [0.1, 0.15) is 0 Å². The lowest BCUT2D eigenvalue weighted by molar-refractivity contribution is 0.294. The van der Waals surface area contributed by atoms with Crippen LogP contribution in [0, 0.1) is 0 Å². The van der Waals surface area contributed by atoms with Gasteiger partial charge in [-0.1, -0.05) is 62.4 Å². The third-order valence-electron chi connectivity index (χ3n) is 4.36. The summed E-state index contributed by atoms with van der Waals surface area (Å²) in [6.07, 6.45) is 0. The van der Waals surface area contributed by atoms with E-state index in [0.717, 1.165) is 13.1 Å². The molecular formula is C19H23N. The number of fused-ring (bicyclic) bond motifs is 1. The molecule has 1 atom stereocenters. The van der Waals surface area contributed by atoms with Gasteiger partial charge in [-0.25, -0.2) is 0 Å². The normalized spacial score (nSPS) is 19.1. The van der Waals surface area contributed by atoms with Crippen molar-refractivity contribution in [1.82, 2.24) is 4.90 Å². The van der Waals surface area contributed by atoms with Crippen molar-refractivity contribution in [1.29, 1.82) is 0 Å². The average Bonchev–Trinajstić information content (AvgIpc) is 2.46. The molecule has 1 unspecified atom stereocenters. The molecule has 2 aromatic carbocycles. The summed E-state index contributed by atoms with van der Waals surface area (Å²) in [5.41, 5.74) is 5.98. The summed E-state index contributed by atoms with van der Waals surface area (Å²) in [5.74, 6) is 1.08. The first-order valence-corrected chi connectivity index (χ1v) is 7.52. The van der Waals surface area contributed by atoms with E-state index in [1.54, 1.807) is 0 Å². The van der Waals surface area contributed by atoms with Crippen LogP contribution in [0.1, 0.15) is 47.9 Å². The molecule has 20 heavy (non-hydrogen) atoms. The molecule has 0 aliphatic carbocycles. The summed E-state index contributed by atoms with van der Waals surface area (Å²) >= 11 is 0. The molecule has 1 heteroatoms. The van der Waals surface area contributed by atoms with E-state index in [9.17, 15) is 0 Å². The Morgan fingerprint density at radius 3 is 2.35 bits per heavy atom. The Labute approximate surface area is 122 Å². The van der Waals surface area contributed by atoms with Gasteiger partial charge in [0, 0.05) is 19.0 Å². The first-order valence-electron chi connectivity index (χ1n) is 7.52. The maximum atomic E-state index is 2.43. The molecule has 0 fully saturated rings. The Balaban J connectivity index is 2.11. The van der Waals surface area contributed by atoms with Crippen LogP contribution in [0.2, 0.25) is 0 Å². The summed E-state index contributed by atoms with van der Waals surface area (Å²) in [6, 6.07) is 17.9. The second-order valence-corrected chi connectivity index (χ2v) is 6.23. The average molecular weight is 265 g/mol. The Bertz CT molecular complexity index is 600.